The van der Waals surface area contributed by atoms with Crippen LogP contribution in [0.2, 0.25) is 0 Å². The molecule has 0 aliphatic heterocycles. The van der Waals surface area contributed by atoms with Gasteiger partial charge in [-0.2, -0.15) is 4.98 Å². The summed E-state index contributed by atoms with van der Waals surface area (Å²) < 4.78 is 4.91. The summed E-state index contributed by atoms with van der Waals surface area (Å²) in [5.41, 5.74) is 5.18. The van der Waals surface area contributed by atoms with Crippen LogP contribution in [0, 0.1) is 10.1 Å². The average molecular weight is 238 g/mol. The summed E-state index contributed by atoms with van der Waals surface area (Å²) in [6.07, 6.45) is 3.52. The van der Waals surface area contributed by atoms with Gasteiger partial charge in [0.1, 0.15) is 0 Å². The molecule has 1 rings (SSSR count). The Morgan fingerprint density at radius 1 is 1.59 bits per heavy atom. The fraction of sp³-hybridized carbons (Fsp3) is 0.300. The molecular weight excluding hydrogens is 224 g/mol. The van der Waals surface area contributed by atoms with Crippen molar-refractivity contribution in [1.82, 2.24) is 4.98 Å². The number of hydrogen-bond donors (Lipinski definition) is 2. The van der Waals surface area contributed by atoms with Gasteiger partial charge < -0.3 is 15.8 Å². The first-order valence-electron chi connectivity index (χ1n) is 4.97. The molecule has 0 amide bonds. The van der Waals surface area contributed by atoms with Gasteiger partial charge in [-0.3, -0.25) is 10.1 Å². The number of nitrogens with zero attached hydrogens (tertiary/aromatic N) is 2. The van der Waals surface area contributed by atoms with Gasteiger partial charge in [0.2, 0.25) is 11.7 Å². The summed E-state index contributed by atoms with van der Waals surface area (Å²) in [5.74, 6) is 0.497. The number of nitro groups is 1. The monoisotopic (exact) mass is 238 g/mol. The largest absolute Gasteiger partial charge is 0.481 e. The molecular formula is C10H14N4O3. The van der Waals surface area contributed by atoms with Crippen LogP contribution in [0.25, 0.3) is 0 Å². The van der Waals surface area contributed by atoms with E-state index in [1.807, 2.05) is 0 Å². The lowest BCUT2D eigenvalue weighted by Crippen LogP contribution is -2.05. The zero-order valence-electron chi connectivity index (χ0n) is 9.42. The third-order valence-electron chi connectivity index (χ3n) is 1.94. The van der Waals surface area contributed by atoms with Crippen LogP contribution >= 0.6 is 0 Å². The molecule has 92 valence electrons. The number of anilines is 1. The van der Waals surface area contributed by atoms with Crippen LogP contribution in [0.1, 0.15) is 0 Å². The molecule has 0 atom stereocenters. The maximum absolute atomic E-state index is 10.8. The van der Waals surface area contributed by atoms with Crippen LogP contribution in [0.5, 0.6) is 5.88 Å². The Hall–Kier alpha value is -2.15. The van der Waals surface area contributed by atoms with Crippen molar-refractivity contribution in [3.05, 3.63) is 34.4 Å². The van der Waals surface area contributed by atoms with Gasteiger partial charge in [0.05, 0.1) is 12.0 Å². The van der Waals surface area contributed by atoms with Crippen molar-refractivity contribution in [2.75, 3.05) is 25.5 Å². The molecule has 17 heavy (non-hydrogen) atoms. The molecule has 0 aliphatic rings. The van der Waals surface area contributed by atoms with Gasteiger partial charge in [0.15, 0.2) is 0 Å². The lowest BCUT2D eigenvalue weighted by Gasteiger charge is -2.05. The van der Waals surface area contributed by atoms with E-state index in [1.54, 1.807) is 12.2 Å². The van der Waals surface area contributed by atoms with Crippen molar-refractivity contribution >= 4 is 11.5 Å². The van der Waals surface area contributed by atoms with Gasteiger partial charge in [-0.25, -0.2) is 0 Å². The summed E-state index contributed by atoms with van der Waals surface area (Å²) >= 11 is 0. The summed E-state index contributed by atoms with van der Waals surface area (Å²) in [6.45, 7) is 0.841. The van der Waals surface area contributed by atoms with Gasteiger partial charge in [-0.1, -0.05) is 12.2 Å². The minimum atomic E-state index is -0.499. The van der Waals surface area contributed by atoms with Crippen molar-refractivity contribution in [2.45, 2.75) is 0 Å². The molecule has 7 heteroatoms. The van der Waals surface area contributed by atoms with Crippen molar-refractivity contribution in [3.63, 3.8) is 0 Å². The molecule has 0 aromatic carbocycles. The van der Waals surface area contributed by atoms with E-state index in [1.165, 1.54) is 19.2 Å². The quantitative estimate of drug-likeness (QED) is 0.434. The van der Waals surface area contributed by atoms with E-state index in [2.05, 4.69) is 10.3 Å². The smallest absolute Gasteiger partial charge is 0.311 e. The number of hydrogen-bond acceptors (Lipinski definition) is 6. The van der Waals surface area contributed by atoms with Crippen molar-refractivity contribution in [3.8, 4) is 5.88 Å². The molecule has 1 aromatic rings. The molecule has 0 radical (unpaired) electrons. The highest BCUT2D eigenvalue weighted by Crippen LogP contribution is 2.24. The minimum absolute atomic E-state index is 0.0908. The Balaban J connectivity index is 2.85. The molecule has 3 N–H and O–H groups in total. The van der Waals surface area contributed by atoms with Crippen LogP contribution in [0.15, 0.2) is 24.3 Å². The van der Waals surface area contributed by atoms with E-state index < -0.39 is 4.92 Å². The van der Waals surface area contributed by atoms with E-state index in [9.17, 15) is 10.1 Å². The Kier molecular flexibility index (Phi) is 4.89. The predicted molar refractivity (Wildman–Crippen MR) is 64.1 cm³/mol. The topological polar surface area (TPSA) is 103 Å². The molecule has 0 bridgehead atoms. The van der Waals surface area contributed by atoms with Crippen LogP contribution in [0.4, 0.5) is 11.5 Å². The molecule has 0 fully saturated rings. The number of nitrogens with two attached hydrogens (primary N) is 1. The number of pyridine rings is 1. The first kappa shape index (κ1) is 12.9. The Bertz CT molecular complexity index is 420. The van der Waals surface area contributed by atoms with Crippen molar-refractivity contribution in [2.24, 2.45) is 5.73 Å². The van der Waals surface area contributed by atoms with E-state index in [4.69, 9.17) is 10.5 Å². The molecule has 0 saturated carbocycles. The molecule has 0 spiro atoms. The van der Waals surface area contributed by atoms with Crippen molar-refractivity contribution in [1.29, 1.82) is 0 Å². The molecule has 0 unspecified atom stereocenters. The van der Waals surface area contributed by atoms with E-state index in [-0.39, 0.29) is 11.5 Å². The Labute approximate surface area is 98.4 Å². The Morgan fingerprint density at radius 3 is 2.94 bits per heavy atom. The van der Waals surface area contributed by atoms with Gasteiger partial charge in [-0.15, -0.1) is 0 Å². The maximum atomic E-state index is 10.8. The van der Waals surface area contributed by atoms with Crippen LogP contribution in [-0.4, -0.2) is 30.1 Å². The second-order valence-corrected chi connectivity index (χ2v) is 3.07. The fourth-order valence-corrected chi connectivity index (χ4v) is 1.16. The molecule has 7 nitrogen and oxygen atoms in total. The second-order valence-electron chi connectivity index (χ2n) is 3.07. The predicted octanol–water partition coefficient (Wildman–Crippen LogP) is 0.925. The highest BCUT2D eigenvalue weighted by Gasteiger charge is 2.15. The van der Waals surface area contributed by atoms with E-state index in [0.717, 1.165) is 0 Å². The van der Waals surface area contributed by atoms with Gasteiger partial charge in [0.25, 0.3) is 0 Å². The number of aromatic nitrogens is 1. The first-order chi connectivity index (χ1) is 8.19. The van der Waals surface area contributed by atoms with Crippen LogP contribution < -0.4 is 15.8 Å². The van der Waals surface area contributed by atoms with Gasteiger partial charge in [0, 0.05) is 25.2 Å². The summed E-state index contributed by atoms with van der Waals surface area (Å²) in [6, 6.07) is 2.79. The number of ether oxygens (including phenoxy) is 1. The zero-order chi connectivity index (χ0) is 12.7. The number of methoxy groups -OCH3 is 1. The standard InChI is InChI=1S/C10H14N4O3/c1-17-9-5-4-8(14(15)16)10(13-9)12-7-3-2-6-11/h2-5H,6-7,11H2,1H3,(H,12,13)/b3-2+. The lowest BCUT2D eigenvalue weighted by atomic mass is 10.3. The van der Waals surface area contributed by atoms with E-state index >= 15 is 0 Å². The summed E-state index contributed by atoms with van der Waals surface area (Å²) in [4.78, 5) is 14.2. The minimum Gasteiger partial charge on any atom is -0.481 e. The lowest BCUT2D eigenvalue weighted by molar-refractivity contribution is -0.384. The van der Waals surface area contributed by atoms with Gasteiger partial charge in [-0.05, 0) is 0 Å². The summed E-state index contributed by atoms with van der Waals surface area (Å²) in [5, 5.41) is 13.6. The highest BCUT2D eigenvalue weighted by atomic mass is 16.6. The number of nitrogens with one attached hydrogen (secondary N) is 1. The first-order valence-corrected chi connectivity index (χ1v) is 4.97. The van der Waals surface area contributed by atoms with Gasteiger partial charge >= 0.3 is 5.69 Å². The highest BCUT2D eigenvalue weighted by molar-refractivity contribution is 5.57. The molecule has 1 heterocycles. The molecule has 0 aliphatic carbocycles. The SMILES string of the molecule is COc1ccc([N+](=O)[O-])c(NC/C=C/CN)n1. The normalized spacial score (nSPS) is 10.5. The average Bonchev–Trinajstić information content (AvgIpc) is 2.34. The van der Waals surface area contributed by atoms with E-state index in [0.29, 0.717) is 19.0 Å². The fourth-order valence-electron chi connectivity index (χ4n) is 1.16. The molecule has 0 saturated heterocycles. The third-order valence-corrected chi connectivity index (χ3v) is 1.94. The van der Waals surface area contributed by atoms with Crippen LogP contribution in [-0.2, 0) is 0 Å². The molecule has 1 aromatic heterocycles. The third kappa shape index (κ3) is 3.72. The van der Waals surface area contributed by atoms with Crippen LogP contribution in [0.3, 0.4) is 0 Å². The van der Waals surface area contributed by atoms with Crippen molar-refractivity contribution < 1.29 is 9.66 Å². The Morgan fingerprint density at radius 2 is 2.35 bits per heavy atom. The summed E-state index contributed by atoms with van der Waals surface area (Å²) in [7, 11) is 1.45. The number of rotatable bonds is 6. The second kappa shape index (κ2) is 6.44. The zero-order valence-corrected chi connectivity index (χ0v) is 9.42. The maximum Gasteiger partial charge on any atom is 0.311 e.